The summed E-state index contributed by atoms with van der Waals surface area (Å²) in [5.41, 5.74) is 2.22. The number of hydrogen-bond acceptors (Lipinski definition) is 5. The molecular weight excluding hydrogens is 356 g/mol. The second-order valence-corrected chi connectivity index (χ2v) is 6.67. The third kappa shape index (κ3) is 2.94. The Morgan fingerprint density at radius 3 is 3.08 bits per heavy atom. The van der Waals surface area contributed by atoms with E-state index < -0.39 is 0 Å². The number of halogens is 1. The molecule has 3 heterocycles. The first-order valence-corrected chi connectivity index (χ1v) is 8.64. The number of carbonyl (C=O) groups is 2. The first-order valence-electron chi connectivity index (χ1n) is 8.26. The number of fused-ring (bicyclic) bond motifs is 2. The predicted molar refractivity (Wildman–Crippen MR) is 99.1 cm³/mol. The van der Waals surface area contributed by atoms with Crippen molar-refractivity contribution in [1.29, 1.82) is 0 Å². The summed E-state index contributed by atoms with van der Waals surface area (Å²) in [6.45, 7) is 2.98. The zero-order valence-corrected chi connectivity index (χ0v) is 14.9. The van der Waals surface area contributed by atoms with E-state index in [1.807, 2.05) is 11.8 Å². The largest absolute Gasteiger partial charge is 0.490 e. The second kappa shape index (κ2) is 6.49. The Morgan fingerprint density at radius 2 is 2.23 bits per heavy atom. The van der Waals surface area contributed by atoms with Gasteiger partial charge in [0.15, 0.2) is 5.82 Å². The molecule has 2 aliphatic heterocycles. The van der Waals surface area contributed by atoms with Crippen LogP contribution < -0.4 is 19.9 Å². The molecule has 0 aliphatic carbocycles. The number of amides is 2. The average molecular weight is 373 g/mol. The molecule has 0 bridgehead atoms. The van der Waals surface area contributed by atoms with Crippen LogP contribution in [0.1, 0.15) is 5.56 Å². The number of rotatable bonds is 2. The fourth-order valence-corrected chi connectivity index (χ4v) is 3.33. The van der Waals surface area contributed by atoms with E-state index in [2.05, 4.69) is 10.3 Å². The van der Waals surface area contributed by atoms with Crippen LogP contribution in [0, 0.1) is 6.92 Å². The number of hydrogen-bond donors (Lipinski definition) is 1. The molecule has 7 nitrogen and oxygen atoms in total. The highest BCUT2D eigenvalue weighted by Gasteiger charge is 2.31. The molecule has 2 amide bonds. The minimum absolute atomic E-state index is 0.0466. The summed E-state index contributed by atoms with van der Waals surface area (Å²) < 4.78 is 5.62. The van der Waals surface area contributed by atoms with Crippen molar-refractivity contribution in [2.75, 3.05) is 41.4 Å². The van der Waals surface area contributed by atoms with Gasteiger partial charge in [0.25, 0.3) is 0 Å². The van der Waals surface area contributed by atoms with Gasteiger partial charge in [0.1, 0.15) is 18.9 Å². The molecule has 26 heavy (non-hydrogen) atoms. The van der Waals surface area contributed by atoms with E-state index in [0.717, 1.165) is 11.3 Å². The number of carbonyl (C=O) groups excluding carboxylic acids is 2. The van der Waals surface area contributed by atoms with Crippen molar-refractivity contribution in [3.05, 3.63) is 41.0 Å². The zero-order valence-electron chi connectivity index (χ0n) is 14.2. The first-order chi connectivity index (χ1) is 12.5. The Kier molecular flexibility index (Phi) is 4.16. The van der Waals surface area contributed by atoms with Crippen molar-refractivity contribution in [1.82, 2.24) is 4.98 Å². The van der Waals surface area contributed by atoms with Crippen molar-refractivity contribution in [3.63, 3.8) is 0 Å². The van der Waals surface area contributed by atoms with Crippen molar-refractivity contribution >= 4 is 40.6 Å². The summed E-state index contributed by atoms with van der Waals surface area (Å²) in [5, 5.41) is 3.37. The molecule has 2 aliphatic rings. The third-order valence-corrected chi connectivity index (χ3v) is 4.70. The van der Waals surface area contributed by atoms with Gasteiger partial charge < -0.3 is 15.0 Å². The van der Waals surface area contributed by atoms with Gasteiger partial charge in [-0.05, 0) is 36.8 Å². The van der Waals surface area contributed by atoms with Crippen LogP contribution in [0.3, 0.4) is 0 Å². The Balaban J connectivity index is 1.62. The summed E-state index contributed by atoms with van der Waals surface area (Å²) in [6, 6.07) is 7.13. The number of aromatic nitrogens is 1. The lowest BCUT2D eigenvalue weighted by molar-refractivity contribution is -0.121. The van der Waals surface area contributed by atoms with Gasteiger partial charge in [0.2, 0.25) is 11.8 Å². The molecule has 0 saturated heterocycles. The molecule has 1 N–H and O–H groups in total. The first kappa shape index (κ1) is 16.7. The van der Waals surface area contributed by atoms with Crippen molar-refractivity contribution in [3.8, 4) is 5.75 Å². The number of aryl methyl sites for hydroxylation is 1. The molecular formula is C18H17ClN4O3. The van der Waals surface area contributed by atoms with Gasteiger partial charge in [-0.25, -0.2) is 4.98 Å². The number of benzene rings is 1. The van der Waals surface area contributed by atoms with E-state index in [0.29, 0.717) is 35.4 Å². The van der Waals surface area contributed by atoms with Gasteiger partial charge in [0.05, 0.1) is 24.5 Å². The van der Waals surface area contributed by atoms with Gasteiger partial charge in [-0.1, -0.05) is 11.6 Å². The Labute approximate surface area is 155 Å². The van der Waals surface area contributed by atoms with Crippen LogP contribution in [0.2, 0.25) is 5.02 Å². The fourth-order valence-electron chi connectivity index (χ4n) is 3.17. The number of anilines is 3. The van der Waals surface area contributed by atoms with Gasteiger partial charge in [-0.15, -0.1) is 0 Å². The summed E-state index contributed by atoms with van der Waals surface area (Å²) in [7, 11) is 0. The third-order valence-electron chi connectivity index (χ3n) is 4.47. The molecule has 0 atom stereocenters. The highest BCUT2D eigenvalue weighted by Crippen LogP contribution is 2.35. The van der Waals surface area contributed by atoms with Crippen LogP contribution in [-0.2, 0) is 9.59 Å². The maximum atomic E-state index is 13.0. The minimum atomic E-state index is -0.229. The molecule has 0 spiro atoms. The smallest absolute Gasteiger partial charge is 0.248 e. The Hall–Kier alpha value is -2.80. The van der Waals surface area contributed by atoms with Gasteiger partial charge in [-0.3, -0.25) is 14.5 Å². The minimum Gasteiger partial charge on any atom is -0.490 e. The molecule has 0 saturated carbocycles. The average Bonchev–Trinajstić information content (AvgIpc) is 2.62. The highest BCUT2D eigenvalue weighted by molar-refractivity contribution is 6.31. The van der Waals surface area contributed by atoms with Gasteiger partial charge >= 0.3 is 0 Å². The molecule has 2 aromatic rings. The molecule has 0 fully saturated rings. The topological polar surface area (TPSA) is 74.8 Å². The van der Waals surface area contributed by atoms with E-state index in [1.54, 1.807) is 30.5 Å². The standard InChI is InChI=1S/C18H17ClN4O3/c1-11-4-5-20-18-17(11)21-15(24)9-23(18)16(25)10-22-6-7-26-14-3-2-12(19)8-13(14)22/h2-5,8H,6-7,9-10H2,1H3,(H,21,24). The van der Waals surface area contributed by atoms with E-state index >= 15 is 0 Å². The Morgan fingerprint density at radius 1 is 1.38 bits per heavy atom. The molecule has 0 radical (unpaired) electrons. The molecule has 134 valence electrons. The number of pyridine rings is 1. The zero-order chi connectivity index (χ0) is 18.3. The van der Waals surface area contributed by atoms with Gasteiger partial charge in [-0.2, -0.15) is 0 Å². The van der Waals surface area contributed by atoms with Crippen molar-refractivity contribution in [2.24, 2.45) is 0 Å². The number of ether oxygens (including phenoxy) is 1. The summed E-state index contributed by atoms with van der Waals surface area (Å²) in [4.78, 5) is 32.7. The fraction of sp³-hybridized carbons (Fsp3) is 0.278. The van der Waals surface area contributed by atoms with Crippen molar-refractivity contribution < 1.29 is 14.3 Å². The summed E-state index contributed by atoms with van der Waals surface area (Å²) in [6.07, 6.45) is 1.63. The lowest BCUT2D eigenvalue weighted by atomic mass is 10.2. The van der Waals surface area contributed by atoms with Crippen LogP contribution in [0.25, 0.3) is 0 Å². The van der Waals surface area contributed by atoms with Crippen LogP contribution in [0.5, 0.6) is 5.75 Å². The normalized spacial score (nSPS) is 15.7. The Bertz CT molecular complexity index is 902. The summed E-state index contributed by atoms with van der Waals surface area (Å²) in [5.74, 6) is 0.743. The van der Waals surface area contributed by atoms with Crippen LogP contribution in [0.15, 0.2) is 30.5 Å². The predicted octanol–water partition coefficient (Wildman–Crippen LogP) is 2.23. The maximum absolute atomic E-state index is 13.0. The highest BCUT2D eigenvalue weighted by atomic mass is 35.5. The monoisotopic (exact) mass is 372 g/mol. The number of nitrogens with zero attached hydrogens (tertiary/aromatic N) is 3. The van der Waals surface area contributed by atoms with Crippen LogP contribution in [0.4, 0.5) is 17.2 Å². The van der Waals surface area contributed by atoms with E-state index in [1.165, 1.54) is 4.90 Å². The molecule has 4 rings (SSSR count). The quantitative estimate of drug-likeness (QED) is 0.875. The number of nitrogens with one attached hydrogen (secondary N) is 1. The second-order valence-electron chi connectivity index (χ2n) is 6.24. The van der Waals surface area contributed by atoms with Crippen molar-refractivity contribution in [2.45, 2.75) is 6.92 Å². The van der Waals surface area contributed by atoms with E-state index in [-0.39, 0.29) is 24.9 Å². The molecule has 8 heteroatoms. The molecule has 1 aromatic heterocycles. The lowest BCUT2D eigenvalue weighted by Gasteiger charge is -2.34. The molecule has 1 aromatic carbocycles. The summed E-state index contributed by atoms with van der Waals surface area (Å²) >= 11 is 6.09. The molecule has 0 unspecified atom stereocenters. The maximum Gasteiger partial charge on any atom is 0.248 e. The van der Waals surface area contributed by atoms with Crippen LogP contribution >= 0.6 is 11.6 Å². The SMILES string of the molecule is Cc1ccnc2c1NC(=O)CN2C(=O)CN1CCOc2ccc(Cl)cc21. The van der Waals surface area contributed by atoms with Gasteiger partial charge in [0, 0.05) is 11.2 Å². The van der Waals surface area contributed by atoms with E-state index in [4.69, 9.17) is 16.3 Å². The lowest BCUT2D eigenvalue weighted by Crippen LogP contribution is -2.48. The van der Waals surface area contributed by atoms with Crippen LogP contribution in [-0.4, -0.2) is 43.0 Å². The van der Waals surface area contributed by atoms with E-state index in [9.17, 15) is 9.59 Å².